The van der Waals surface area contributed by atoms with Gasteiger partial charge in [-0.2, -0.15) is 8.42 Å². The van der Waals surface area contributed by atoms with Crippen molar-refractivity contribution in [1.29, 1.82) is 0 Å². The highest BCUT2D eigenvalue weighted by Crippen LogP contribution is 2.66. The van der Waals surface area contributed by atoms with Gasteiger partial charge in [0.2, 0.25) is 0 Å². The number of aliphatic hydroxyl groups is 2. The summed E-state index contributed by atoms with van der Waals surface area (Å²) in [5.74, 6) is 2.37. The summed E-state index contributed by atoms with van der Waals surface area (Å²) < 4.78 is 53.6. The summed E-state index contributed by atoms with van der Waals surface area (Å²) in [6.45, 7) is 1.17. The number of carbonyl (C=O) groups is 3. The molecule has 8 saturated carbocycles. The van der Waals surface area contributed by atoms with Crippen molar-refractivity contribution in [2.45, 2.75) is 70.0 Å². The van der Waals surface area contributed by atoms with Crippen LogP contribution in [0.3, 0.4) is 0 Å². The third-order valence-electron chi connectivity index (χ3n) is 10.4. The molecular formula is C28H44O13S. The first-order valence-corrected chi connectivity index (χ1v) is 16.0. The quantitative estimate of drug-likeness (QED) is 0.262. The number of carbonyl (C=O) groups excluding carboxylic acids is 3. The highest BCUT2D eigenvalue weighted by molar-refractivity contribution is 7.79. The van der Waals surface area contributed by atoms with Gasteiger partial charge >= 0.3 is 22.3 Å². The molecule has 0 amide bonds. The molecule has 4 unspecified atom stereocenters. The Morgan fingerprint density at radius 1 is 0.762 bits per heavy atom. The summed E-state index contributed by atoms with van der Waals surface area (Å²) >= 11 is 0. The van der Waals surface area contributed by atoms with Gasteiger partial charge in [0, 0.05) is 23.7 Å². The molecule has 13 nitrogen and oxygen atoms in total. The predicted octanol–water partition coefficient (Wildman–Crippen LogP) is 1.60. The summed E-state index contributed by atoms with van der Waals surface area (Å²) in [5.41, 5.74) is -0.523. The first-order chi connectivity index (χ1) is 19.7. The number of methoxy groups -OCH3 is 2. The number of Topliss-reactive ketones (excluding diaryl/α,β-unsaturated/α-hetero) is 1. The fourth-order valence-corrected chi connectivity index (χ4v) is 9.52. The zero-order valence-corrected chi connectivity index (χ0v) is 25.1. The summed E-state index contributed by atoms with van der Waals surface area (Å²) in [6.07, 6.45) is 9.64. The first kappa shape index (κ1) is 33.2. The maximum Gasteiger partial charge on any atom is 0.394 e. The minimum absolute atomic E-state index is 0.00486. The molecule has 0 aromatic carbocycles. The molecular weight excluding hydrogens is 576 g/mol. The number of esters is 2. The van der Waals surface area contributed by atoms with Crippen molar-refractivity contribution >= 4 is 28.1 Å². The van der Waals surface area contributed by atoms with E-state index in [4.69, 9.17) is 46.7 Å². The van der Waals surface area contributed by atoms with E-state index in [1.807, 2.05) is 0 Å². The number of rotatable bonds is 3. The van der Waals surface area contributed by atoms with Crippen LogP contribution in [0, 0.1) is 46.3 Å². The largest absolute Gasteiger partial charge is 0.469 e. The summed E-state index contributed by atoms with van der Waals surface area (Å²) in [5, 5.41) is 15.2. The Hall–Kier alpha value is -1.68. The fraction of sp³-hybridized carbons (Fsp3) is 0.893. The van der Waals surface area contributed by atoms with Crippen LogP contribution in [0.15, 0.2) is 0 Å². The van der Waals surface area contributed by atoms with Crippen LogP contribution in [-0.4, -0.2) is 91.9 Å². The van der Waals surface area contributed by atoms with Crippen molar-refractivity contribution in [1.82, 2.24) is 0 Å². The van der Waals surface area contributed by atoms with E-state index < -0.39 is 10.4 Å². The van der Waals surface area contributed by atoms with E-state index in [-0.39, 0.29) is 53.6 Å². The summed E-state index contributed by atoms with van der Waals surface area (Å²) in [4.78, 5) is 35.9. The van der Waals surface area contributed by atoms with Gasteiger partial charge in [0.1, 0.15) is 5.78 Å². The number of aliphatic hydroxyl groups excluding tert-OH is 2. The Morgan fingerprint density at radius 2 is 1.14 bits per heavy atom. The van der Waals surface area contributed by atoms with Gasteiger partial charge < -0.3 is 29.2 Å². The van der Waals surface area contributed by atoms with Crippen molar-refractivity contribution in [3.63, 3.8) is 0 Å². The molecule has 4 atom stereocenters. The average molecular weight is 621 g/mol. The standard InChI is InChI=1S/C14H20O4.C12H16O3.C2H6O2.H2O4S/c1-16-12(15)13-6-9-4-10(7-13)14(11(5-9)8-13)17-2-3-18-14;1-15-11(14)12-4-7-2-8(5-12)10(13)9(3-7)6-12;3-1-2-4;1-5(2,3)4/h9-11H,2-8H2,1H3;7-9H,2-6H2,1H3;3-4H,1-2H2;(H2,1,2,3,4). The zero-order chi connectivity index (χ0) is 30.9. The Labute approximate surface area is 246 Å². The molecule has 8 aliphatic carbocycles. The second kappa shape index (κ2) is 12.7. The molecule has 1 heterocycles. The lowest BCUT2D eigenvalue weighted by atomic mass is 9.47. The SMILES string of the molecule is COC(=O)C12CC3CC(C1)C(=O)C(C3)C2.COC(=O)C12CC3CC(C1)C1(OCCO1)C(C3)C2.O=S(=O)(O)O.OCCO. The molecule has 1 aliphatic heterocycles. The molecule has 0 aromatic rings. The van der Waals surface area contributed by atoms with Gasteiger partial charge in [0.05, 0.1) is 51.5 Å². The smallest absolute Gasteiger partial charge is 0.394 e. The summed E-state index contributed by atoms with van der Waals surface area (Å²) in [7, 11) is -1.69. The molecule has 4 N–H and O–H groups in total. The molecule has 1 spiro atoms. The van der Waals surface area contributed by atoms with Crippen molar-refractivity contribution in [3.05, 3.63) is 0 Å². The molecule has 9 aliphatic rings. The maximum atomic E-state index is 12.2. The van der Waals surface area contributed by atoms with Crippen LogP contribution in [0.4, 0.5) is 0 Å². The molecule has 0 radical (unpaired) electrons. The lowest BCUT2D eigenvalue weighted by molar-refractivity contribution is -0.301. The lowest BCUT2D eigenvalue weighted by Gasteiger charge is -2.61. The highest BCUT2D eigenvalue weighted by atomic mass is 32.3. The number of ketones is 1. The second-order valence-electron chi connectivity index (χ2n) is 12.9. The Kier molecular flexibility index (Phi) is 10.1. The molecule has 240 valence electrons. The molecule has 1 saturated heterocycles. The van der Waals surface area contributed by atoms with Crippen LogP contribution in [0.2, 0.25) is 0 Å². The molecule has 9 rings (SSSR count). The third kappa shape index (κ3) is 6.54. The third-order valence-corrected chi connectivity index (χ3v) is 10.4. The monoisotopic (exact) mass is 620 g/mol. The molecule has 42 heavy (non-hydrogen) atoms. The normalized spacial score (nSPS) is 39.3. The van der Waals surface area contributed by atoms with Gasteiger partial charge in [-0.1, -0.05) is 0 Å². The Morgan fingerprint density at radius 3 is 1.52 bits per heavy atom. The molecule has 9 fully saturated rings. The molecule has 8 bridgehead atoms. The predicted molar refractivity (Wildman–Crippen MR) is 144 cm³/mol. The number of hydrogen-bond donors (Lipinski definition) is 4. The van der Waals surface area contributed by atoms with Gasteiger partial charge in [0.15, 0.2) is 5.79 Å². The summed E-state index contributed by atoms with van der Waals surface area (Å²) in [6, 6.07) is 0. The maximum absolute atomic E-state index is 12.2. The van der Waals surface area contributed by atoms with Gasteiger partial charge in [-0.05, 0) is 76.0 Å². The van der Waals surface area contributed by atoms with Crippen LogP contribution in [0.1, 0.15) is 64.2 Å². The van der Waals surface area contributed by atoms with Crippen molar-refractivity contribution in [3.8, 4) is 0 Å². The van der Waals surface area contributed by atoms with E-state index in [0.717, 1.165) is 64.2 Å². The fourth-order valence-electron chi connectivity index (χ4n) is 9.52. The zero-order valence-electron chi connectivity index (χ0n) is 24.2. The van der Waals surface area contributed by atoms with E-state index >= 15 is 0 Å². The van der Waals surface area contributed by atoms with Gasteiger partial charge in [-0.25, -0.2) is 0 Å². The second-order valence-corrected chi connectivity index (χ2v) is 13.8. The van der Waals surface area contributed by atoms with E-state index in [9.17, 15) is 14.4 Å². The van der Waals surface area contributed by atoms with E-state index in [2.05, 4.69) is 0 Å². The average Bonchev–Trinajstić information content (AvgIpc) is 3.43. The van der Waals surface area contributed by atoms with Crippen molar-refractivity contribution in [2.24, 2.45) is 46.3 Å². The van der Waals surface area contributed by atoms with E-state index in [1.54, 1.807) is 0 Å². The number of ether oxygens (including phenoxy) is 4. The van der Waals surface area contributed by atoms with Gasteiger partial charge in [-0.3, -0.25) is 23.5 Å². The Bertz CT molecular complexity index is 1070. The van der Waals surface area contributed by atoms with Crippen LogP contribution in [0.5, 0.6) is 0 Å². The first-order valence-electron chi connectivity index (χ1n) is 14.6. The van der Waals surface area contributed by atoms with E-state index in [0.29, 0.717) is 42.7 Å². The van der Waals surface area contributed by atoms with Gasteiger partial charge in [-0.15, -0.1) is 0 Å². The van der Waals surface area contributed by atoms with Crippen LogP contribution >= 0.6 is 0 Å². The molecule has 0 aromatic heterocycles. The van der Waals surface area contributed by atoms with Gasteiger partial charge in [0.25, 0.3) is 0 Å². The number of hydrogen-bond acceptors (Lipinski definition) is 11. The minimum Gasteiger partial charge on any atom is -0.469 e. The Balaban J connectivity index is 0.000000152. The van der Waals surface area contributed by atoms with Crippen molar-refractivity contribution in [2.75, 3.05) is 40.6 Å². The highest BCUT2D eigenvalue weighted by Gasteiger charge is 2.67. The van der Waals surface area contributed by atoms with E-state index in [1.165, 1.54) is 14.2 Å². The molecule has 14 heteroatoms. The minimum atomic E-state index is -4.67. The van der Waals surface area contributed by atoms with Crippen LogP contribution in [0.25, 0.3) is 0 Å². The van der Waals surface area contributed by atoms with Crippen LogP contribution in [-0.2, 0) is 43.7 Å². The lowest BCUT2D eigenvalue weighted by Crippen LogP contribution is -2.63. The van der Waals surface area contributed by atoms with Crippen LogP contribution < -0.4 is 0 Å². The topological polar surface area (TPSA) is 203 Å². The van der Waals surface area contributed by atoms with Crippen molar-refractivity contribution < 1.29 is 61.1 Å².